The Morgan fingerprint density at radius 2 is 0.878 bits per heavy atom. The van der Waals surface area contributed by atoms with Crippen LogP contribution in [-0.2, 0) is 76.1 Å². The van der Waals surface area contributed by atoms with Gasteiger partial charge in [0.25, 0.3) is 0 Å². The van der Waals surface area contributed by atoms with Crippen LogP contribution in [0, 0.1) is 0 Å². The van der Waals surface area contributed by atoms with E-state index in [4.69, 9.17) is 47.4 Å². The van der Waals surface area contributed by atoms with Gasteiger partial charge in [0.1, 0.15) is 6.10 Å². The maximum absolute atomic E-state index is 12.0. The lowest BCUT2D eigenvalue weighted by molar-refractivity contribution is -0.329. The molecular weight excluding hydrogens is 556 g/mol. The summed E-state index contributed by atoms with van der Waals surface area (Å²) in [5.74, 6) is -4.55. The number of rotatable bonds is 10. The third kappa shape index (κ3) is 9.62. The molecule has 0 aromatic heterocycles. The van der Waals surface area contributed by atoms with Gasteiger partial charge in [-0.05, 0) is 6.92 Å². The summed E-state index contributed by atoms with van der Waals surface area (Å²) in [5.41, 5.74) is 0. The van der Waals surface area contributed by atoms with Crippen LogP contribution in [0.1, 0.15) is 48.5 Å². The Balaban J connectivity index is 2.41. The minimum Gasteiger partial charge on any atom is -0.456 e. The molecule has 2 fully saturated rings. The first-order valence-electron chi connectivity index (χ1n) is 12.6. The fourth-order valence-corrected chi connectivity index (χ4v) is 4.47. The average Bonchev–Trinajstić information content (AvgIpc) is 2.83. The molecule has 2 rings (SSSR count). The van der Waals surface area contributed by atoms with Gasteiger partial charge in [0.2, 0.25) is 0 Å². The molecule has 0 spiro atoms. The van der Waals surface area contributed by atoms with Crippen molar-refractivity contribution < 1.29 is 76.1 Å². The Morgan fingerprint density at radius 3 is 1.32 bits per heavy atom. The Bertz CT molecular complexity index is 981. The van der Waals surface area contributed by atoms with Crippen LogP contribution < -0.4 is 0 Å². The van der Waals surface area contributed by atoms with Crippen molar-refractivity contribution >= 4 is 35.8 Å². The lowest BCUT2D eigenvalue weighted by Gasteiger charge is -2.45. The van der Waals surface area contributed by atoms with Crippen molar-refractivity contribution in [1.82, 2.24) is 0 Å². The van der Waals surface area contributed by atoms with Crippen molar-refractivity contribution in [3.63, 3.8) is 0 Å². The zero-order chi connectivity index (χ0) is 31.0. The zero-order valence-corrected chi connectivity index (χ0v) is 24.0. The highest BCUT2D eigenvalue weighted by molar-refractivity contribution is 5.69. The van der Waals surface area contributed by atoms with Crippen LogP contribution in [0.15, 0.2) is 0 Å². The quantitative estimate of drug-likeness (QED) is 0.237. The molecule has 0 aliphatic carbocycles. The van der Waals surface area contributed by atoms with Crippen LogP contribution in [0.3, 0.4) is 0 Å². The van der Waals surface area contributed by atoms with Crippen molar-refractivity contribution in [2.45, 2.75) is 110 Å². The predicted octanol–water partition coefficient (Wildman–Crippen LogP) is -0.291. The SMILES string of the molecule is CO[C@@H]1OC(COC2O[C@@H](C)C(OC(C)=O)C(OC(C)=O)[C@H]2OC(C)=O)[C@H](OC(C)=O)[C@H](OC(C)=O)C1OC(C)=O. The second kappa shape index (κ2) is 15.0. The fourth-order valence-electron chi connectivity index (χ4n) is 4.47. The van der Waals surface area contributed by atoms with Gasteiger partial charge >= 0.3 is 35.8 Å². The summed E-state index contributed by atoms with van der Waals surface area (Å²) in [7, 11) is 1.25. The van der Waals surface area contributed by atoms with Crippen molar-refractivity contribution in [3.8, 4) is 0 Å². The first-order valence-corrected chi connectivity index (χ1v) is 12.6. The van der Waals surface area contributed by atoms with Crippen molar-refractivity contribution in [3.05, 3.63) is 0 Å². The van der Waals surface area contributed by atoms with Gasteiger partial charge < -0.3 is 47.4 Å². The van der Waals surface area contributed by atoms with Crippen LogP contribution in [-0.4, -0.2) is 111 Å². The molecule has 0 aromatic rings. The standard InChI is InChI=1S/C25H36O16/c1-10-18(35-11(2)26)20(37-13(4)28)23(40-16(7)31)25(34-10)33-9-17-19(36-12(3)27)21(38-14(5)29)22(39-15(6)30)24(32-8)41-17/h10,17-25H,9H2,1-8H3/t10-,17?,18?,19-,20?,21-,22?,23+,24+,25?/m0/s1. The first kappa shape index (κ1) is 33.9. The molecule has 2 aliphatic heterocycles. The Kier molecular flexibility index (Phi) is 12.4. The molecule has 0 aromatic carbocycles. The van der Waals surface area contributed by atoms with Gasteiger partial charge in [-0.25, -0.2) is 0 Å². The molecule has 41 heavy (non-hydrogen) atoms. The molecule has 16 heteroatoms. The molecule has 0 bridgehead atoms. The van der Waals surface area contributed by atoms with E-state index in [-0.39, 0.29) is 0 Å². The Labute approximate surface area is 236 Å². The summed E-state index contributed by atoms with van der Waals surface area (Å²) in [6.45, 7) is 7.75. The first-order chi connectivity index (χ1) is 19.1. The maximum Gasteiger partial charge on any atom is 0.303 e. The van der Waals surface area contributed by atoms with Gasteiger partial charge in [0.15, 0.2) is 49.2 Å². The summed E-state index contributed by atoms with van der Waals surface area (Å²) < 4.78 is 54.9. The molecule has 5 unspecified atom stereocenters. The van der Waals surface area contributed by atoms with E-state index in [2.05, 4.69) is 0 Å². The lowest BCUT2D eigenvalue weighted by Crippen LogP contribution is -2.64. The topological polar surface area (TPSA) is 195 Å². The highest BCUT2D eigenvalue weighted by Gasteiger charge is 2.54. The van der Waals surface area contributed by atoms with E-state index in [9.17, 15) is 28.8 Å². The molecule has 0 N–H and O–H groups in total. The summed E-state index contributed by atoms with van der Waals surface area (Å²) in [5, 5.41) is 0. The summed E-state index contributed by atoms with van der Waals surface area (Å²) in [6, 6.07) is 0. The van der Waals surface area contributed by atoms with Gasteiger partial charge in [-0.2, -0.15) is 0 Å². The van der Waals surface area contributed by atoms with E-state index >= 15 is 0 Å². The smallest absolute Gasteiger partial charge is 0.303 e. The molecule has 0 radical (unpaired) electrons. The number of carbonyl (C=O) groups excluding carboxylic acids is 6. The number of esters is 6. The number of ether oxygens (including phenoxy) is 10. The largest absolute Gasteiger partial charge is 0.456 e. The van der Waals surface area contributed by atoms with Crippen LogP contribution in [0.5, 0.6) is 0 Å². The van der Waals surface area contributed by atoms with Crippen molar-refractivity contribution in [1.29, 1.82) is 0 Å². The fraction of sp³-hybridized carbons (Fsp3) is 0.760. The van der Waals surface area contributed by atoms with Crippen molar-refractivity contribution in [2.24, 2.45) is 0 Å². The number of hydrogen-bond acceptors (Lipinski definition) is 16. The summed E-state index contributed by atoms with van der Waals surface area (Å²) in [6.07, 6.45) is -12.8. The summed E-state index contributed by atoms with van der Waals surface area (Å²) >= 11 is 0. The highest BCUT2D eigenvalue weighted by atomic mass is 16.8. The van der Waals surface area contributed by atoms with E-state index in [1.54, 1.807) is 0 Å². The number of methoxy groups -OCH3 is 1. The summed E-state index contributed by atoms with van der Waals surface area (Å²) in [4.78, 5) is 71.3. The van der Waals surface area contributed by atoms with E-state index in [1.807, 2.05) is 0 Å². The molecular formula is C25H36O16. The molecule has 2 aliphatic rings. The minimum atomic E-state index is -1.41. The number of hydrogen-bond donors (Lipinski definition) is 0. The van der Waals surface area contributed by atoms with Crippen LogP contribution in [0.4, 0.5) is 0 Å². The third-order valence-electron chi connectivity index (χ3n) is 5.79. The Hall–Kier alpha value is -3.34. The maximum atomic E-state index is 12.0. The normalized spacial score (nSPS) is 33.1. The van der Waals surface area contributed by atoms with E-state index in [0.29, 0.717) is 0 Å². The average molecular weight is 593 g/mol. The van der Waals surface area contributed by atoms with Crippen LogP contribution in [0.25, 0.3) is 0 Å². The zero-order valence-electron chi connectivity index (χ0n) is 24.0. The number of carbonyl (C=O) groups is 6. The molecule has 0 saturated carbocycles. The molecule has 232 valence electrons. The van der Waals surface area contributed by atoms with Gasteiger partial charge in [-0.1, -0.05) is 0 Å². The third-order valence-corrected chi connectivity index (χ3v) is 5.79. The van der Waals surface area contributed by atoms with Gasteiger partial charge in [0.05, 0.1) is 12.7 Å². The monoisotopic (exact) mass is 592 g/mol. The molecule has 2 heterocycles. The van der Waals surface area contributed by atoms with E-state index < -0.39 is 104 Å². The van der Waals surface area contributed by atoms with Gasteiger partial charge in [-0.15, -0.1) is 0 Å². The van der Waals surface area contributed by atoms with Gasteiger partial charge in [-0.3, -0.25) is 28.8 Å². The molecule has 10 atom stereocenters. The van der Waals surface area contributed by atoms with E-state index in [1.165, 1.54) is 14.0 Å². The van der Waals surface area contributed by atoms with E-state index in [0.717, 1.165) is 41.5 Å². The molecule has 2 saturated heterocycles. The van der Waals surface area contributed by atoms with Gasteiger partial charge in [0, 0.05) is 48.7 Å². The predicted molar refractivity (Wildman–Crippen MR) is 129 cm³/mol. The highest BCUT2D eigenvalue weighted by Crippen LogP contribution is 2.32. The molecule has 0 amide bonds. The minimum absolute atomic E-state index is 0.456. The van der Waals surface area contributed by atoms with Crippen molar-refractivity contribution in [2.75, 3.05) is 13.7 Å². The second-order valence-electron chi connectivity index (χ2n) is 9.27. The van der Waals surface area contributed by atoms with Crippen LogP contribution >= 0.6 is 0 Å². The van der Waals surface area contributed by atoms with Crippen LogP contribution in [0.2, 0.25) is 0 Å². The second-order valence-corrected chi connectivity index (χ2v) is 9.27. The molecule has 16 nitrogen and oxygen atoms in total. The lowest BCUT2D eigenvalue weighted by atomic mass is 9.97. The Morgan fingerprint density at radius 1 is 0.512 bits per heavy atom.